The second-order valence-corrected chi connectivity index (χ2v) is 2.86. The zero-order valence-electron chi connectivity index (χ0n) is 6.76. The van der Waals surface area contributed by atoms with Crippen LogP contribution < -0.4 is 5.32 Å². The molecule has 1 aromatic carbocycles. The molecule has 1 heterocycles. The summed E-state index contributed by atoms with van der Waals surface area (Å²) < 4.78 is 4.81. The first kappa shape index (κ1) is 7.16. The highest BCUT2D eigenvalue weighted by atomic mass is 16.5. The summed E-state index contributed by atoms with van der Waals surface area (Å²) >= 11 is 0. The summed E-state index contributed by atoms with van der Waals surface area (Å²) in [7, 11) is 0. The Morgan fingerprint density at radius 3 is 3.17 bits per heavy atom. The third-order valence-corrected chi connectivity index (χ3v) is 1.86. The molecule has 0 aromatic heterocycles. The Bertz CT molecular complexity index is 333. The minimum atomic E-state index is -0.369. The van der Waals surface area contributed by atoms with E-state index < -0.39 is 0 Å². The fourth-order valence-electron chi connectivity index (χ4n) is 1.25. The Kier molecular flexibility index (Phi) is 1.50. The molecule has 0 aliphatic carbocycles. The van der Waals surface area contributed by atoms with Crippen LogP contribution in [0.5, 0.6) is 0 Å². The third kappa shape index (κ3) is 1.13. The van der Waals surface area contributed by atoms with Gasteiger partial charge in [0.2, 0.25) is 0 Å². The van der Waals surface area contributed by atoms with Crippen molar-refractivity contribution in [3.8, 4) is 0 Å². The van der Waals surface area contributed by atoms with Crippen molar-refractivity contribution in [2.75, 3.05) is 5.32 Å². The number of rotatable bonds is 0. The maximum absolute atomic E-state index is 10.8. The van der Waals surface area contributed by atoms with Gasteiger partial charge in [-0.3, -0.25) is 5.32 Å². The van der Waals surface area contributed by atoms with Gasteiger partial charge in [0.1, 0.15) is 6.61 Å². The second kappa shape index (κ2) is 2.52. The lowest BCUT2D eigenvalue weighted by atomic mass is 10.1. The summed E-state index contributed by atoms with van der Waals surface area (Å²) in [6.45, 7) is 2.39. The van der Waals surface area contributed by atoms with Gasteiger partial charge >= 0.3 is 6.09 Å². The Labute approximate surface area is 70.3 Å². The quantitative estimate of drug-likeness (QED) is 0.635. The Morgan fingerprint density at radius 1 is 1.50 bits per heavy atom. The molecule has 1 aliphatic heterocycles. The van der Waals surface area contributed by atoms with Gasteiger partial charge < -0.3 is 4.74 Å². The van der Waals surface area contributed by atoms with E-state index in [1.54, 1.807) is 0 Å². The molecule has 2 rings (SSSR count). The SMILES string of the molecule is Cc1ccc2c(c1)COC(=O)N2. The van der Waals surface area contributed by atoms with Crippen molar-refractivity contribution in [2.24, 2.45) is 0 Å². The number of benzene rings is 1. The molecular formula is C9H9NO2. The first-order valence-corrected chi connectivity index (χ1v) is 3.79. The molecule has 1 N–H and O–H groups in total. The number of carbonyl (C=O) groups excluding carboxylic acids is 1. The number of carbonyl (C=O) groups is 1. The molecule has 1 amide bonds. The maximum atomic E-state index is 10.8. The number of hydrogen-bond acceptors (Lipinski definition) is 2. The molecule has 0 bridgehead atoms. The van der Waals surface area contributed by atoms with Crippen LogP contribution in [0.1, 0.15) is 11.1 Å². The Balaban J connectivity index is 2.43. The van der Waals surface area contributed by atoms with Crippen LogP contribution in [0.15, 0.2) is 18.2 Å². The first-order chi connectivity index (χ1) is 5.75. The van der Waals surface area contributed by atoms with Crippen LogP contribution in [-0.2, 0) is 11.3 Å². The van der Waals surface area contributed by atoms with E-state index in [9.17, 15) is 4.79 Å². The van der Waals surface area contributed by atoms with E-state index in [1.807, 2.05) is 25.1 Å². The highest BCUT2D eigenvalue weighted by Crippen LogP contribution is 2.21. The molecule has 12 heavy (non-hydrogen) atoms. The molecular weight excluding hydrogens is 154 g/mol. The van der Waals surface area contributed by atoms with Crippen LogP contribution in [0.3, 0.4) is 0 Å². The van der Waals surface area contributed by atoms with E-state index in [4.69, 9.17) is 4.74 Å². The van der Waals surface area contributed by atoms with E-state index >= 15 is 0 Å². The smallest absolute Gasteiger partial charge is 0.411 e. The molecule has 0 fully saturated rings. The van der Waals surface area contributed by atoms with Crippen molar-refractivity contribution in [3.05, 3.63) is 29.3 Å². The van der Waals surface area contributed by atoms with Gasteiger partial charge in [-0.2, -0.15) is 0 Å². The number of ether oxygens (including phenoxy) is 1. The van der Waals surface area contributed by atoms with Gasteiger partial charge in [-0.25, -0.2) is 4.79 Å². The predicted octanol–water partition coefficient (Wildman–Crippen LogP) is 2.06. The van der Waals surface area contributed by atoms with Crippen LogP contribution in [0.4, 0.5) is 10.5 Å². The topological polar surface area (TPSA) is 38.3 Å². The molecule has 0 radical (unpaired) electrons. The molecule has 3 nitrogen and oxygen atoms in total. The number of aryl methyl sites for hydroxylation is 1. The summed E-state index contributed by atoms with van der Waals surface area (Å²) in [5.41, 5.74) is 3.07. The van der Waals surface area contributed by atoms with Crippen LogP contribution in [0, 0.1) is 6.92 Å². The monoisotopic (exact) mass is 163 g/mol. The van der Waals surface area contributed by atoms with Crippen molar-refractivity contribution in [3.63, 3.8) is 0 Å². The summed E-state index contributed by atoms with van der Waals surface area (Å²) in [5.74, 6) is 0. The van der Waals surface area contributed by atoms with Crippen LogP contribution in [0.25, 0.3) is 0 Å². The zero-order chi connectivity index (χ0) is 8.55. The highest BCUT2D eigenvalue weighted by molar-refractivity contribution is 5.87. The van der Waals surface area contributed by atoms with Gasteiger partial charge in [0.15, 0.2) is 0 Å². The minimum absolute atomic E-state index is 0.369. The van der Waals surface area contributed by atoms with Gasteiger partial charge in [0.25, 0.3) is 0 Å². The third-order valence-electron chi connectivity index (χ3n) is 1.86. The van der Waals surface area contributed by atoms with Crippen molar-refractivity contribution >= 4 is 11.8 Å². The summed E-state index contributed by atoms with van der Waals surface area (Å²) in [6, 6.07) is 5.87. The van der Waals surface area contributed by atoms with Crippen LogP contribution in [0.2, 0.25) is 0 Å². The van der Waals surface area contributed by atoms with E-state index in [1.165, 1.54) is 5.56 Å². The Morgan fingerprint density at radius 2 is 2.33 bits per heavy atom. The lowest BCUT2D eigenvalue weighted by molar-refractivity contribution is 0.151. The largest absolute Gasteiger partial charge is 0.444 e. The lowest BCUT2D eigenvalue weighted by Gasteiger charge is -2.17. The first-order valence-electron chi connectivity index (χ1n) is 3.79. The molecule has 0 saturated heterocycles. The highest BCUT2D eigenvalue weighted by Gasteiger charge is 2.14. The van der Waals surface area contributed by atoms with E-state index in [0.29, 0.717) is 6.61 Å². The molecule has 1 aliphatic rings. The molecule has 0 atom stereocenters. The fourth-order valence-corrected chi connectivity index (χ4v) is 1.25. The van der Waals surface area contributed by atoms with E-state index in [-0.39, 0.29) is 6.09 Å². The maximum Gasteiger partial charge on any atom is 0.411 e. The van der Waals surface area contributed by atoms with Crippen molar-refractivity contribution in [1.82, 2.24) is 0 Å². The average molecular weight is 163 g/mol. The molecule has 62 valence electrons. The average Bonchev–Trinajstić information content (AvgIpc) is 2.05. The summed E-state index contributed by atoms with van der Waals surface area (Å²) in [6.07, 6.45) is -0.369. The zero-order valence-corrected chi connectivity index (χ0v) is 6.76. The lowest BCUT2D eigenvalue weighted by Crippen LogP contribution is -2.20. The van der Waals surface area contributed by atoms with Gasteiger partial charge in [-0.15, -0.1) is 0 Å². The standard InChI is InChI=1S/C9H9NO2/c1-6-2-3-8-7(4-6)5-12-9(11)10-8/h2-4H,5H2,1H3,(H,10,11). The minimum Gasteiger partial charge on any atom is -0.444 e. The van der Waals surface area contributed by atoms with E-state index in [2.05, 4.69) is 5.32 Å². The number of nitrogens with one attached hydrogen (secondary N) is 1. The van der Waals surface area contributed by atoms with E-state index in [0.717, 1.165) is 11.3 Å². The molecule has 0 saturated carbocycles. The molecule has 0 unspecified atom stereocenters. The van der Waals surface area contributed by atoms with Gasteiger partial charge in [0, 0.05) is 5.56 Å². The second-order valence-electron chi connectivity index (χ2n) is 2.86. The molecule has 3 heteroatoms. The normalized spacial score (nSPS) is 14.6. The number of hydrogen-bond donors (Lipinski definition) is 1. The van der Waals surface area contributed by atoms with Gasteiger partial charge in [-0.1, -0.05) is 17.7 Å². The van der Waals surface area contributed by atoms with Crippen molar-refractivity contribution in [1.29, 1.82) is 0 Å². The number of fused-ring (bicyclic) bond motifs is 1. The molecule has 1 aromatic rings. The van der Waals surface area contributed by atoms with Gasteiger partial charge in [-0.05, 0) is 13.0 Å². The fraction of sp³-hybridized carbons (Fsp3) is 0.222. The Hall–Kier alpha value is -1.51. The van der Waals surface area contributed by atoms with Crippen LogP contribution >= 0.6 is 0 Å². The number of anilines is 1. The molecule has 0 spiro atoms. The van der Waals surface area contributed by atoms with Gasteiger partial charge in [0.05, 0.1) is 5.69 Å². The van der Waals surface area contributed by atoms with Crippen molar-refractivity contribution in [2.45, 2.75) is 13.5 Å². The number of cyclic esters (lactones) is 1. The van der Waals surface area contributed by atoms with Crippen molar-refractivity contribution < 1.29 is 9.53 Å². The summed E-state index contributed by atoms with van der Waals surface area (Å²) in [5, 5.41) is 2.63. The predicted molar refractivity (Wildman–Crippen MR) is 45.0 cm³/mol. The summed E-state index contributed by atoms with van der Waals surface area (Å²) in [4.78, 5) is 10.8. The number of amides is 1. The van der Waals surface area contributed by atoms with Crippen LogP contribution in [-0.4, -0.2) is 6.09 Å².